The minimum absolute atomic E-state index is 0.124. The molecule has 0 spiro atoms. The number of benzene rings is 1. The predicted molar refractivity (Wildman–Crippen MR) is 98.7 cm³/mol. The lowest BCUT2D eigenvalue weighted by Crippen LogP contribution is -2.10. The Hall–Kier alpha value is -1.38. The van der Waals surface area contributed by atoms with E-state index in [-0.39, 0.29) is 17.2 Å². The molecule has 0 unspecified atom stereocenters. The van der Waals surface area contributed by atoms with Crippen molar-refractivity contribution in [1.82, 2.24) is 0 Å². The second-order valence-electron chi connectivity index (χ2n) is 8.77. The molecule has 1 aromatic carbocycles. The van der Waals surface area contributed by atoms with Crippen LogP contribution in [-0.2, 0) is 12.8 Å². The van der Waals surface area contributed by atoms with Crippen molar-refractivity contribution in [2.24, 2.45) is 10.8 Å². The average Bonchev–Trinajstić information content (AvgIpc) is 3.25. The lowest BCUT2D eigenvalue weighted by Gasteiger charge is -2.23. The van der Waals surface area contributed by atoms with Crippen molar-refractivity contribution in [3.05, 3.63) is 17.2 Å². The van der Waals surface area contributed by atoms with Crippen molar-refractivity contribution in [2.45, 2.75) is 85.5 Å². The summed E-state index contributed by atoms with van der Waals surface area (Å²) < 4.78 is 0. The Morgan fingerprint density at radius 1 is 1.04 bits per heavy atom. The Balaban J connectivity index is 2.06. The lowest BCUT2D eigenvalue weighted by molar-refractivity contribution is 0.312. The van der Waals surface area contributed by atoms with Crippen molar-refractivity contribution in [2.75, 3.05) is 0 Å². The van der Waals surface area contributed by atoms with Gasteiger partial charge in [-0.1, -0.05) is 34.1 Å². The molecule has 136 valence electrons. The van der Waals surface area contributed by atoms with E-state index in [4.69, 9.17) is 0 Å². The molecule has 1 aliphatic rings. The van der Waals surface area contributed by atoms with Gasteiger partial charge in [-0.25, -0.2) is 0 Å². The summed E-state index contributed by atoms with van der Waals surface area (Å²) in [6, 6.07) is 1.64. The summed E-state index contributed by atoms with van der Waals surface area (Å²) in [5.41, 5.74) is 2.63. The van der Waals surface area contributed by atoms with Crippen molar-refractivity contribution in [1.29, 1.82) is 0 Å². The van der Waals surface area contributed by atoms with Crippen LogP contribution < -0.4 is 0 Å². The van der Waals surface area contributed by atoms with E-state index in [0.717, 1.165) is 56.1 Å². The van der Waals surface area contributed by atoms with Crippen LogP contribution in [-0.4, -0.2) is 15.3 Å². The average molecular weight is 335 g/mol. The first kappa shape index (κ1) is 19.0. The van der Waals surface area contributed by atoms with E-state index in [0.29, 0.717) is 10.8 Å². The largest absolute Gasteiger partial charge is 0.504 e. The summed E-state index contributed by atoms with van der Waals surface area (Å²) in [4.78, 5) is 0. The van der Waals surface area contributed by atoms with Crippen molar-refractivity contribution in [3.63, 3.8) is 0 Å². The number of hydrogen-bond acceptors (Lipinski definition) is 3. The van der Waals surface area contributed by atoms with Crippen molar-refractivity contribution >= 4 is 0 Å². The minimum atomic E-state index is -0.375. The zero-order valence-electron chi connectivity index (χ0n) is 15.8. The Morgan fingerprint density at radius 3 is 2.29 bits per heavy atom. The highest BCUT2D eigenvalue weighted by molar-refractivity contribution is 5.57. The van der Waals surface area contributed by atoms with E-state index in [1.807, 2.05) is 0 Å². The third-order valence-corrected chi connectivity index (χ3v) is 6.02. The highest BCUT2D eigenvalue weighted by atomic mass is 16.3. The molecule has 0 atom stereocenters. The van der Waals surface area contributed by atoms with Gasteiger partial charge in [-0.3, -0.25) is 0 Å². The van der Waals surface area contributed by atoms with Gasteiger partial charge in [0.25, 0.3) is 0 Å². The number of aryl methyl sites for hydroxylation is 1. The fourth-order valence-electron chi connectivity index (χ4n) is 3.33. The summed E-state index contributed by atoms with van der Waals surface area (Å²) in [7, 11) is 0. The summed E-state index contributed by atoms with van der Waals surface area (Å²) >= 11 is 0. The predicted octanol–water partition coefficient (Wildman–Crippen LogP) is 5.69. The number of hydrogen-bond donors (Lipinski definition) is 3. The smallest absolute Gasteiger partial charge is 0.200 e. The molecule has 1 fully saturated rings. The fraction of sp³-hybridized carbons (Fsp3) is 0.714. The molecule has 0 radical (unpaired) electrons. The van der Waals surface area contributed by atoms with Crippen LogP contribution in [0.1, 0.15) is 83.8 Å². The van der Waals surface area contributed by atoms with E-state index in [9.17, 15) is 15.3 Å². The van der Waals surface area contributed by atoms with Crippen LogP contribution in [0.4, 0.5) is 0 Å². The van der Waals surface area contributed by atoms with Crippen LogP contribution in [0.25, 0.3) is 0 Å². The minimum Gasteiger partial charge on any atom is -0.504 e. The third kappa shape index (κ3) is 4.81. The molecule has 3 N–H and O–H groups in total. The second kappa shape index (κ2) is 7.25. The molecule has 0 bridgehead atoms. The van der Waals surface area contributed by atoms with Gasteiger partial charge in [0, 0.05) is 5.56 Å². The fourth-order valence-corrected chi connectivity index (χ4v) is 3.33. The van der Waals surface area contributed by atoms with E-state index < -0.39 is 0 Å². The van der Waals surface area contributed by atoms with Gasteiger partial charge in [0.05, 0.1) is 0 Å². The molecule has 0 aliphatic heterocycles. The van der Waals surface area contributed by atoms with Crippen LogP contribution in [0, 0.1) is 10.8 Å². The summed E-state index contributed by atoms with van der Waals surface area (Å²) in [5, 5.41) is 30.0. The summed E-state index contributed by atoms with van der Waals surface area (Å²) in [5.74, 6) is -0.712. The maximum absolute atomic E-state index is 10.3. The monoisotopic (exact) mass is 334 g/mol. The molecule has 0 saturated heterocycles. The number of rotatable bonds is 9. The molecule has 0 heterocycles. The normalized spacial score (nSPS) is 16.3. The number of aromatic hydroxyl groups is 3. The van der Waals surface area contributed by atoms with Crippen LogP contribution in [0.15, 0.2) is 6.07 Å². The van der Waals surface area contributed by atoms with Crippen LogP contribution in [0.3, 0.4) is 0 Å². The molecule has 1 aliphatic carbocycles. The Bertz CT molecular complexity index is 571. The maximum atomic E-state index is 10.3. The third-order valence-electron chi connectivity index (χ3n) is 6.02. The zero-order chi connectivity index (χ0) is 18.0. The van der Waals surface area contributed by atoms with Crippen LogP contribution in [0.5, 0.6) is 17.2 Å². The number of phenolic OH excluding ortho intramolecular Hbond substituents is 3. The van der Waals surface area contributed by atoms with Gasteiger partial charge in [0.2, 0.25) is 5.75 Å². The van der Waals surface area contributed by atoms with Gasteiger partial charge in [-0.05, 0) is 73.8 Å². The topological polar surface area (TPSA) is 60.7 Å². The highest BCUT2D eigenvalue weighted by Crippen LogP contribution is 2.49. The van der Waals surface area contributed by atoms with E-state index >= 15 is 0 Å². The Labute approximate surface area is 146 Å². The molecular weight excluding hydrogens is 300 g/mol. The molecular formula is C21H34O3. The van der Waals surface area contributed by atoms with Gasteiger partial charge in [-0.15, -0.1) is 0 Å². The van der Waals surface area contributed by atoms with E-state index in [1.165, 1.54) is 12.8 Å². The molecule has 0 amide bonds. The zero-order valence-corrected chi connectivity index (χ0v) is 15.8. The highest BCUT2D eigenvalue weighted by Gasteiger charge is 2.36. The molecule has 1 aromatic rings. The van der Waals surface area contributed by atoms with Gasteiger partial charge in [0.1, 0.15) is 0 Å². The summed E-state index contributed by atoms with van der Waals surface area (Å²) in [6.07, 6.45) is 9.66. The van der Waals surface area contributed by atoms with Crippen LogP contribution >= 0.6 is 0 Å². The first-order valence-corrected chi connectivity index (χ1v) is 9.43. The number of phenols is 3. The SMILES string of the molecule is CCC(C)(C)CCCc1cc(O)c(O)c(O)c1CCCC1(C)CC1. The first-order valence-electron chi connectivity index (χ1n) is 9.43. The van der Waals surface area contributed by atoms with Gasteiger partial charge < -0.3 is 15.3 Å². The first-order chi connectivity index (χ1) is 11.2. The van der Waals surface area contributed by atoms with Crippen molar-refractivity contribution < 1.29 is 15.3 Å². The van der Waals surface area contributed by atoms with Crippen LogP contribution in [0.2, 0.25) is 0 Å². The quantitative estimate of drug-likeness (QED) is 0.509. The van der Waals surface area contributed by atoms with Gasteiger partial charge >= 0.3 is 0 Å². The summed E-state index contributed by atoms with van der Waals surface area (Å²) in [6.45, 7) is 9.07. The van der Waals surface area contributed by atoms with Gasteiger partial charge in [0.15, 0.2) is 11.5 Å². The standard InChI is InChI=1S/C21H34O3/c1-5-20(2,3)10-6-8-15-14-17(22)19(24)18(23)16(15)9-7-11-21(4)12-13-21/h14,22-24H,5-13H2,1-4H3. The molecule has 0 aromatic heterocycles. The lowest BCUT2D eigenvalue weighted by atomic mass is 9.83. The molecule has 24 heavy (non-hydrogen) atoms. The van der Waals surface area contributed by atoms with E-state index in [1.54, 1.807) is 6.07 Å². The molecule has 1 saturated carbocycles. The molecule has 3 nitrogen and oxygen atoms in total. The molecule has 3 heteroatoms. The maximum Gasteiger partial charge on any atom is 0.200 e. The second-order valence-corrected chi connectivity index (χ2v) is 8.77. The van der Waals surface area contributed by atoms with Crippen molar-refractivity contribution in [3.8, 4) is 17.2 Å². The van der Waals surface area contributed by atoms with E-state index in [2.05, 4.69) is 27.7 Å². The Morgan fingerprint density at radius 2 is 1.71 bits per heavy atom. The molecule has 2 rings (SSSR count). The Kier molecular flexibility index (Phi) is 5.72. The van der Waals surface area contributed by atoms with Gasteiger partial charge in [-0.2, -0.15) is 0 Å².